The maximum atomic E-state index is 10.5. The smallest absolute Gasteiger partial charge is 0.284 e. The summed E-state index contributed by atoms with van der Waals surface area (Å²) >= 11 is 0. The van der Waals surface area contributed by atoms with Crippen molar-refractivity contribution >= 4 is 6.08 Å². The molecule has 4 heteroatoms. The predicted molar refractivity (Wildman–Crippen MR) is 51.6 cm³/mol. The van der Waals surface area contributed by atoms with Gasteiger partial charge in [0.15, 0.2) is 6.61 Å². The Morgan fingerprint density at radius 3 is 3.00 bits per heavy atom. The lowest BCUT2D eigenvalue weighted by Gasteiger charge is -2.14. The fourth-order valence-electron chi connectivity index (χ4n) is 1.43. The van der Waals surface area contributed by atoms with Gasteiger partial charge in [-0.25, -0.2) is 0 Å². The van der Waals surface area contributed by atoms with Crippen LogP contribution in [0.15, 0.2) is 23.9 Å². The van der Waals surface area contributed by atoms with Crippen LogP contribution in [-0.2, 0) is 0 Å². The highest BCUT2D eigenvalue weighted by molar-refractivity contribution is 5.63. The molecule has 0 spiro atoms. The fraction of sp³-hybridized carbons (Fsp3) is 0.200. The zero-order valence-electron chi connectivity index (χ0n) is 7.69. The first kappa shape index (κ1) is 8.74. The van der Waals surface area contributed by atoms with E-state index < -0.39 is 4.92 Å². The Morgan fingerprint density at radius 2 is 2.29 bits per heavy atom. The minimum absolute atomic E-state index is 0.0451. The summed E-state index contributed by atoms with van der Waals surface area (Å²) in [6.07, 6.45) is 1.58. The minimum Gasteiger partial charge on any atom is -0.482 e. The van der Waals surface area contributed by atoms with Crippen molar-refractivity contribution in [1.82, 2.24) is 0 Å². The van der Waals surface area contributed by atoms with Crippen LogP contribution in [-0.4, -0.2) is 11.5 Å². The van der Waals surface area contributed by atoms with Crippen molar-refractivity contribution in [2.24, 2.45) is 0 Å². The molecule has 2 rings (SSSR count). The first-order valence-corrected chi connectivity index (χ1v) is 4.26. The molecule has 0 aromatic heterocycles. The highest BCUT2D eigenvalue weighted by atomic mass is 16.6. The third kappa shape index (κ3) is 1.35. The summed E-state index contributed by atoms with van der Waals surface area (Å²) in [5, 5.41) is 10.5. The van der Waals surface area contributed by atoms with Gasteiger partial charge in [0, 0.05) is 11.6 Å². The second-order valence-electron chi connectivity index (χ2n) is 3.17. The Labute approximate surface area is 81.0 Å². The summed E-state index contributed by atoms with van der Waals surface area (Å²) in [6, 6.07) is 5.59. The van der Waals surface area contributed by atoms with Gasteiger partial charge in [0.25, 0.3) is 5.70 Å². The molecule has 1 aliphatic heterocycles. The van der Waals surface area contributed by atoms with Gasteiger partial charge in [-0.3, -0.25) is 10.1 Å². The van der Waals surface area contributed by atoms with Crippen molar-refractivity contribution in [3.05, 3.63) is 45.1 Å². The number of fused-ring (bicyclic) bond motifs is 1. The van der Waals surface area contributed by atoms with E-state index in [4.69, 9.17) is 4.74 Å². The fourth-order valence-corrected chi connectivity index (χ4v) is 1.43. The summed E-state index contributed by atoms with van der Waals surface area (Å²) in [4.78, 5) is 10.1. The molecule has 0 saturated heterocycles. The Kier molecular flexibility index (Phi) is 1.96. The number of ether oxygens (including phenoxy) is 1. The molecule has 0 radical (unpaired) electrons. The number of hydrogen-bond donors (Lipinski definition) is 0. The van der Waals surface area contributed by atoms with Gasteiger partial charge in [-0.1, -0.05) is 12.1 Å². The normalized spacial score (nSPS) is 13.9. The molecule has 0 unspecified atom stereocenters. The number of benzene rings is 1. The van der Waals surface area contributed by atoms with E-state index in [1.54, 1.807) is 6.08 Å². The van der Waals surface area contributed by atoms with Gasteiger partial charge in [0.05, 0.1) is 4.92 Å². The molecule has 1 aromatic carbocycles. The van der Waals surface area contributed by atoms with Gasteiger partial charge in [0.1, 0.15) is 5.75 Å². The first-order valence-electron chi connectivity index (χ1n) is 4.26. The molecular weight excluding hydrogens is 182 g/mol. The molecule has 0 N–H and O–H groups in total. The van der Waals surface area contributed by atoms with Crippen molar-refractivity contribution in [3.63, 3.8) is 0 Å². The molecule has 0 atom stereocenters. The van der Waals surface area contributed by atoms with E-state index in [-0.39, 0.29) is 12.3 Å². The second-order valence-corrected chi connectivity index (χ2v) is 3.17. The third-order valence-corrected chi connectivity index (χ3v) is 2.21. The van der Waals surface area contributed by atoms with Crippen LogP contribution in [0.3, 0.4) is 0 Å². The Hall–Kier alpha value is -1.84. The van der Waals surface area contributed by atoms with Crippen molar-refractivity contribution < 1.29 is 9.66 Å². The van der Waals surface area contributed by atoms with Crippen LogP contribution in [0.5, 0.6) is 5.75 Å². The highest BCUT2D eigenvalue weighted by Gasteiger charge is 2.20. The van der Waals surface area contributed by atoms with Gasteiger partial charge in [-0.15, -0.1) is 0 Å². The van der Waals surface area contributed by atoms with Crippen LogP contribution >= 0.6 is 0 Å². The van der Waals surface area contributed by atoms with Crippen molar-refractivity contribution in [2.75, 3.05) is 6.61 Å². The standard InChI is InChI=1S/C10H9NO3/c1-7-3-2-4-10-9(7)5-8(6-14-10)11(12)13/h2-5H,6H2,1H3. The zero-order valence-corrected chi connectivity index (χ0v) is 7.69. The van der Waals surface area contributed by atoms with Crippen molar-refractivity contribution in [2.45, 2.75) is 6.92 Å². The van der Waals surface area contributed by atoms with Crippen LogP contribution < -0.4 is 4.74 Å². The third-order valence-electron chi connectivity index (χ3n) is 2.21. The lowest BCUT2D eigenvalue weighted by Crippen LogP contribution is -2.13. The lowest BCUT2D eigenvalue weighted by atomic mass is 10.1. The molecule has 0 fully saturated rings. The summed E-state index contributed by atoms with van der Waals surface area (Å²) in [6.45, 7) is 1.95. The summed E-state index contributed by atoms with van der Waals surface area (Å²) in [5.41, 5.74) is 1.90. The lowest BCUT2D eigenvalue weighted by molar-refractivity contribution is -0.427. The quantitative estimate of drug-likeness (QED) is 0.504. The predicted octanol–water partition coefficient (Wildman–Crippen LogP) is 2.01. The largest absolute Gasteiger partial charge is 0.482 e. The van der Waals surface area contributed by atoms with E-state index in [1.807, 2.05) is 25.1 Å². The van der Waals surface area contributed by atoms with E-state index in [2.05, 4.69) is 0 Å². The van der Waals surface area contributed by atoms with Crippen molar-refractivity contribution in [1.29, 1.82) is 0 Å². The maximum absolute atomic E-state index is 10.5. The SMILES string of the molecule is Cc1cccc2c1C=C([N+](=O)[O-])CO2. The van der Waals surface area contributed by atoms with Crippen LogP contribution in [0.1, 0.15) is 11.1 Å². The number of hydrogen-bond acceptors (Lipinski definition) is 3. The van der Waals surface area contributed by atoms with Gasteiger partial charge in [-0.05, 0) is 18.6 Å². The van der Waals surface area contributed by atoms with E-state index in [0.717, 1.165) is 16.9 Å². The topological polar surface area (TPSA) is 52.4 Å². The van der Waals surface area contributed by atoms with E-state index in [1.165, 1.54) is 0 Å². The Balaban J connectivity index is 2.52. The first-order chi connectivity index (χ1) is 6.68. The molecule has 72 valence electrons. The Morgan fingerprint density at radius 1 is 1.50 bits per heavy atom. The van der Waals surface area contributed by atoms with E-state index in [0.29, 0.717) is 0 Å². The molecule has 0 bridgehead atoms. The van der Waals surface area contributed by atoms with Crippen LogP contribution in [0.25, 0.3) is 6.08 Å². The minimum atomic E-state index is -0.407. The number of aryl methyl sites for hydroxylation is 1. The average Bonchev–Trinajstić information content (AvgIpc) is 2.18. The molecule has 1 heterocycles. The second kappa shape index (κ2) is 3.14. The molecule has 1 aromatic rings. The molecule has 0 amide bonds. The van der Waals surface area contributed by atoms with Crippen LogP contribution in [0, 0.1) is 17.0 Å². The van der Waals surface area contributed by atoms with E-state index in [9.17, 15) is 10.1 Å². The van der Waals surface area contributed by atoms with Gasteiger partial charge >= 0.3 is 0 Å². The molecule has 14 heavy (non-hydrogen) atoms. The molecule has 0 saturated carbocycles. The Bertz CT molecular complexity index is 423. The van der Waals surface area contributed by atoms with Gasteiger partial charge < -0.3 is 4.74 Å². The molecule has 1 aliphatic rings. The number of nitro groups is 1. The zero-order chi connectivity index (χ0) is 10.1. The molecule has 4 nitrogen and oxygen atoms in total. The van der Waals surface area contributed by atoms with Gasteiger partial charge in [-0.2, -0.15) is 0 Å². The van der Waals surface area contributed by atoms with Crippen molar-refractivity contribution in [3.8, 4) is 5.75 Å². The monoisotopic (exact) mass is 191 g/mol. The number of rotatable bonds is 1. The van der Waals surface area contributed by atoms with Gasteiger partial charge in [0.2, 0.25) is 0 Å². The summed E-state index contributed by atoms with van der Waals surface area (Å²) in [7, 11) is 0. The highest BCUT2D eigenvalue weighted by Crippen LogP contribution is 2.28. The maximum Gasteiger partial charge on any atom is 0.284 e. The average molecular weight is 191 g/mol. The van der Waals surface area contributed by atoms with Crippen LogP contribution in [0.4, 0.5) is 0 Å². The molecule has 0 aliphatic carbocycles. The van der Waals surface area contributed by atoms with Crippen LogP contribution in [0.2, 0.25) is 0 Å². The summed E-state index contributed by atoms with van der Waals surface area (Å²) < 4.78 is 5.27. The molecular formula is C10H9NO3. The number of nitrogens with zero attached hydrogens (tertiary/aromatic N) is 1. The van der Waals surface area contributed by atoms with E-state index >= 15 is 0 Å². The summed E-state index contributed by atoms with van der Waals surface area (Å²) in [5.74, 6) is 0.718.